The third-order valence-corrected chi connectivity index (χ3v) is 6.35. The van der Waals surface area contributed by atoms with Gasteiger partial charge in [-0.25, -0.2) is 5.43 Å². The summed E-state index contributed by atoms with van der Waals surface area (Å²) >= 11 is 3.31. The number of nitrogens with one attached hydrogen (secondary N) is 3. The Bertz CT molecular complexity index is 1460. The molecule has 3 rings (SSSR count). The Balaban J connectivity index is 1.54. The van der Waals surface area contributed by atoms with E-state index in [1.165, 1.54) is 37.1 Å². The number of rotatable bonds is 10. The summed E-state index contributed by atoms with van der Waals surface area (Å²) in [5, 5.41) is 8.67. The summed E-state index contributed by atoms with van der Waals surface area (Å²) in [6, 6.07) is 15.0. The molecule has 0 aromatic heterocycles. The van der Waals surface area contributed by atoms with E-state index in [4.69, 9.17) is 9.47 Å². The molecule has 13 heteroatoms. The number of halogens is 4. The maximum atomic E-state index is 12.9. The minimum absolute atomic E-state index is 0.0351. The molecule has 3 aromatic rings. The Morgan fingerprint density at radius 2 is 1.74 bits per heavy atom. The monoisotopic (exact) mass is 648 g/mol. The van der Waals surface area contributed by atoms with Crippen LogP contribution >= 0.6 is 15.9 Å². The molecule has 0 saturated heterocycles. The van der Waals surface area contributed by atoms with E-state index in [0.717, 1.165) is 17.7 Å². The lowest BCUT2D eigenvalue weighted by Crippen LogP contribution is -2.37. The van der Waals surface area contributed by atoms with Gasteiger partial charge in [0.05, 0.1) is 23.4 Å². The highest BCUT2D eigenvalue weighted by Crippen LogP contribution is 2.36. The number of hydrogen-bond donors (Lipinski definition) is 3. The number of hydrazone groups is 1. The molecule has 0 radical (unpaired) electrons. The van der Waals surface area contributed by atoms with Crippen LogP contribution in [0.4, 0.5) is 18.9 Å². The summed E-state index contributed by atoms with van der Waals surface area (Å²) < 4.78 is 49.9. The molecular weight excluding hydrogens is 621 g/mol. The van der Waals surface area contributed by atoms with Gasteiger partial charge >= 0.3 is 18.0 Å². The van der Waals surface area contributed by atoms with Gasteiger partial charge in [-0.3, -0.25) is 14.4 Å². The predicted octanol–water partition coefficient (Wildman–Crippen LogP) is 5.38. The molecule has 0 saturated carbocycles. The van der Waals surface area contributed by atoms with Crippen molar-refractivity contribution in [3.63, 3.8) is 0 Å². The Morgan fingerprint density at radius 3 is 2.38 bits per heavy atom. The van der Waals surface area contributed by atoms with Crippen molar-refractivity contribution in [1.29, 1.82) is 0 Å². The van der Waals surface area contributed by atoms with Crippen LogP contribution in [0.3, 0.4) is 0 Å². The topological polar surface area (TPSA) is 118 Å². The number of nitrogens with zero attached hydrogens (tertiary/aromatic N) is 1. The predicted molar refractivity (Wildman–Crippen MR) is 154 cm³/mol. The van der Waals surface area contributed by atoms with E-state index >= 15 is 0 Å². The molecule has 0 spiro atoms. The Morgan fingerprint density at radius 1 is 1.02 bits per heavy atom. The largest absolute Gasteiger partial charge is 0.493 e. The second-order valence-electron chi connectivity index (χ2n) is 9.23. The van der Waals surface area contributed by atoms with Gasteiger partial charge in [-0.05, 0) is 68.9 Å². The van der Waals surface area contributed by atoms with E-state index in [2.05, 4.69) is 50.9 Å². The standard InChI is InChI=1S/C29H28BrF3N4O5/c1-17(2)20-9-7-18(8-10-20)14-34-27(39)28(40)37-35-15-19-11-23(30)26(24(12-19)41-3)42-16-25(38)36-22-6-4-5-21(13-22)29(31,32)33/h4-13,15,17H,14,16H2,1-3H3,(H,34,39)(H,36,38)(H,37,40)/b35-15-. The van der Waals surface area contributed by atoms with Gasteiger partial charge in [-0.1, -0.05) is 44.2 Å². The first-order chi connectivity index (χ1) is 19.9. The van der Waals surface area contributed by atoms with Crippen LogP contribution < -0.4 is 25.5 Å². The minimum atomic E-state index is -4.55. The Kier molecular flexibility index (Phi) is 11.1. The lowest BCUT2D eigenvalue weighted by atomic mass is 10.0. The van der Waals surface area contributed by atoms with Crippen LogP contribution in [-0.2, 0) is 27.1 Å². The fourth-order valence-corrected chi connectivity index (χ4v) is 4.14. The Hall–Kier alpha value is -4.39. The van der Waals surface area contributed by atoms with Gasteiger partial charge in [0.25, 0.3) is 5.91 Å². The van der Waals surface area contributed by atoms with Crippen LogP contribution in [0.15, 0.2) is 70.2 Å². The maximum Gasteiger partial charge on any atom is 0.416 e. The van der Waals surface area contributed by atoms with Crippen LogP contribution in [-0.4, -0.2) is 37.7 Å². The van der Waals surface area contributed by atoms with Crippen molar-refractivity contribution < 1.29 is 37.0 Å². The highest BCUT2D eigenvalue weighted by molar-refractivity contribution is 9.10. The number of carbonyl (C=O) groups excluding carboxylic acids is 3. The van der Waals surface area contributed by atoms with Crippen LogP contribution in [0.2, 0.25) is 0 Å². The molecule has 0 fully saturated rings. The third-order valence-electron chi connectivity index (χ3n) is 5.76. The summed E-state index contributed by atoms with van der Waals surface area (Å²) in [6.07, 6.45) is -3.27. The number of carbonyl (C=O) groups is 3. The van der Waals surface area contributed by atoms with E-state index in [9.17, 15) is 27.6 Å². The van der Waals surface area contributed by atoms with Gasteiger partial charge in [-0.15, -0.1) is 0 Å². The van der Waals surface area contributed by atoms with Gasteiger partial charge < -0.3 is 20.1 Å². The van der Waals surface area contributed by atoms with E-state index in [0.29, 0.717) is 16.0 Å². The molecule has 3 amide bonds. The summed E-state index contributed by atoms with van der Waals surface area (Å²) in [4.78, 5) is 36.5. The van der Waals surface area contributed by atoms with E-state index in [1.807, 2.05) is 24.3 Å². The average molecular weight is 649 g/mol. The number of hydrogen-bond acceptors (Lipinski definition) is 6. The molecule has 222 valence electrons. The number of amides is 3. The van der Waals surface area contributed by atoms with Gasteiger partial charge in [0.2, 0.25) is 0 Å². The first-order valence-corrected chi connectivity index (χ1v) is 13.3. The lowest BCUT2D eigenvalue weighted by molar-refractivity contribution is -0.139. The zero-order valence-electron chi connectivity index (χ0n) is 22.8. The number of alkyl halides is 3. The molecule has 9 nitrogen and oxygen atoms in total. The van der Waals surface area contributed by atoms with Crippen molar-refractivity contribution in [3.8, 4) is 11.5 Å². The molecule has 3 N–H and O–H groups in total. The molecule has 3 aromatic carbocycles. The van der Waals surface area contributed by atoms with Crippen molar-refractivity contribution in [2.24, 2.45) is 5.10 Å². The summed E-state index contributed by atoms with van der Waals surface area (Å²) in [5.74, 6) is -1.77. The molecule has 0 atom stereocenters. The quantitative estimate of drug-likeness (QED) is 0.155. The van der Waals surface area contributed by atoms with Crippen LogP contribution in [0.25, 0.3) is 0 Å². The number of benzene rings is 3. The van der Waals surface area contributed by atoms with Gasteiger partial charge in [0.15, 0.2) is 18.1 Å². The fourth-order valence-electron chi connectivity index (χ4n) is 3.56. The molecule has 0 heterocycles. The van der Waals surface area contributed by atoms with E-state index in [1.54, 1.807) is 6.07 Å². The average Bonchev–Trinajstić information content (AvgIpc) is 2.94. The normalized spacial score (nSPS) is 11.3. The van der Waals surface area contributed by atoms with Crippen molar-refractivity contribution in [2.45, 2.75) is 32.5 Å². The SMILES string of the molecule is COc1cc(/C=N\NC(=O)C(=O)NCc2ccc(C(C)C)cc2)cc(Br)c1OCC(=O)Nc1cccc(C(F)(F)F)c1. The second kappa shape index (κ2) is 14.5. The molecule has 0 aliphatic heterocycles. The van der Waals surface area contributed by atoms with Gasteiger partial charge in [0, 0.05) is 12.2 Å². The molecular formula is C29H28BrF3N4O5. The van der Waals surface area contributed by atoms with Crippen molar-refractivity contribution >= 4 is 45.6 Å². The maximum absolute atomic E-state index is 12.9. The number of methoxy groups -OCH3 is 1. The third kappa shape index (κ3) is 9.33. The number of anilines is 1. The Labute approximate surface area is 248 Å². The lowest BCUT2D eigenvalue weighted by Gasteiger charge is -2.14. The van der Waals surface area contributed by atoms with Crippen LogP contribution in [0.5, 0.6) is 11.5 Å². The summed E-state index contributed by atoms with van der Waals surface area (Å²) in [5.41, 5.74) is 3.68. The smallest absolute Gasteiger partial charge is 0.416 e. The zero-order chi connectivity index (χ0) is 30.9. The van der Waals surface area contributed by atoms with Gasteiger partial charge in [0.1, 0.15) is 0 Å². The van der Waals surface area contributed by atoms with Gasteiger partial charge in [-0.2, -0.15) is 18.3 Å². The van der Waals surface area contributed by atoms with Crippen molar-refractivity contribution in [2.75, 3.05) is 19.0 Å². The fraction of sp³-hybridized carbons (Fsp3) is 0.241. The van der Waals surface area contributed by atoms with E-state index < -0.39 is 36.1 Å². The second-order valence-corrected chi connectivity index (χ2v) is 10.1. The van der Waals surface area contributed by atoms with E-state index in [-0.39, 0.29) is 23.7 Å². The first kappa shape index (κ1) is 32.1. The summed E-state index contributed by atoms with van der Waals surface area (Å²) in [6.45, 7) is 3.81. The highest BCUT2D eigenvalue weighted by atomic mass is 79.9. The first-order valence-electron chi connectivity index (χ1n) is 12.5. The van der Waals surface area contributed by atoms with Crippen LogP contribution in [0, 0.1) is 0 Å². The summed E-state index contributed by atoms with van der Waals surface area (Å²) in [7, 11) is 1.36. The zero-order valence-corrected chi connectivity index (χ0v) is 24.4. The van der Waals surface area contributed by atoms with Crippen molar-refractivity contribution in [3.05, 3.63) is 87.4 Å². The molecule has 0 aliphatic rings. The van der Waals surface area contributed by atoms with Crippen molar-refractivity contribution in [1.82, 2.24) is 10.7 Å². The highest BCUT2D eigenvalue weighted by Gasteiger charge is 2.30. The van der Waals surface area contributed by atoms with Crippen LogP contribution in [0.1, 0.15) is 42.0 Å². The molecule has 0 aliphatic carbocycles. The molecule has 0 bridgehead atoms. The number of ether oxygens (including phenoxy) is 2. The minimum Gasteiger partial charge on any atom is -0.493 e. The molecule has 42 heavy (non-hydrogen) atoms. The molecule has 0 unspecified atom stereocenters.